The summed E-state index contributed by atoms with van der Waals surface area (Å²) in [5, 5.41) is 11.4. The third kappa shape index (κ3) is 4.26. The maximum atomic E-state index is 15.2. The number of hydrogen-bond acceptors (Lipinski definition) is 3. The molecule has 0 heterocycles. The van der Waals surface area contributed by atoms with Crippen molar-refractivity contribution in [3.63, 3.8) is 0 Å². The summed E-state index contributed by atoms with van der Waals surface area (Å²) >= 11 is 1.65. The van der Waals surface area contributed by atoms with Gasteiger partial charge in [-0.05, 0) is 103 Å². The van der Waals surface area contributed by atoms with E-state index in [0.29, 0.717) is 25.7 Å². The summed E-state index contributed by atoms with van der Waals surface area (Å²) in [5.41, 5.74) is 1.11. The van der Waals surface area contributed by atoms with Crippen molar-refractivity contribution in [2.24, 2.45) is 17.3 Å². The minimum absolute atomic E-state index is 0.0157. The molecule has 2 fully saturated rings. The highest BCUT2D eigenvalue weighted by Crippen LogP contribution is 2.70. The van der Waals surface area contributed by atoms with E-state index >= 15 is 8.78 Å². The number of halogens is 5. The number of thioether (sulfide) groups is 1. The Balaban J connectivity index is 1.47. The molecule has 41 heavy (non-hydrogen) atoms. The number of alkyl halides is 5. The van der Waals surface area contributed by atoms with Crippen molar-refractivity contribution < 1.29 is 31.9 Å². The first-order valence-electron chi connectivity index (χ1n) is 14.2. The molecule has 0 amide bonds. The fraction of sp³-hybridized carbons (Fsp3) is 0.485. The average Bonchev–Trinajstić information content (AvgIpc) is 3.23. The molecule has 6 rings (SSSR count). The molecule has 4 aliphatic carbocycles. The molecule has 0 bridgehead atoms. The summed E-state index contributed by atoms with van der Waals surface area (Å²) in [6, 6.07) is 16.0. The maximum Gasteiger partial charge on any atom is 0.456 e. The van der Waals surface area contributed by atoms with E-state index in [-0.39, 0.29) is 24.5 Å². The van der Waals surface area contributed by atoms with Gasteiger partial charge in [0.25, 0.3) is 0 Å². The number of allylic oxidation sites excluding steroid dienone is 4. The second-order valence-electron chi connectivity index (χ2n) is 12.3. The second-order valence-corrected chi connectivity index (χ2v) is 13.2. The van der Waals surface area contributed by atoms with Crippen molar-refractivity contribution in [3.05, 3.63) is 76.9 Å². The highest BCUT2D eigenvalue weighted by atomic mass is 32.2. The number of benzene rings is 2. The van der Waals surface area contributed by atoms with Crippen molar-refractivity contribution in [2.75, 3.05) is 6.26 Å². The Kier molecular flexibility index (Phi) is 6.85. The van der Waals surface area contributed by atoms with Gasteiger partial charge in [-0.1, -0.05) is 48.9 Å². The van der Waals surface area contributed by atoms with Gasteiger partial charge in [0.1, 0.15) is 5.60 Å². The van der Waals surface area contributed by atoms with Gasteiger partial charge in [-0.15, -0.1) is 11.8 Å². The van der Waals surface area contributed by atoms with Crippen LogP contribution >= 0.6 is 11.8 Å². The summed E-state index contributed by atoms with van der Waals surface area (Å²) in [4.78, 5) is 13.4. The maximum absolute atomic E-state index is 15.2. The lowest BCUT2D eigenvalue weighted by Crippen LogP contribution is -2.65. The van der Waals surface area contributed by atoms with E-state index in [1.807, 2.05) is 54.8 Å². The van der Waals surface area contributed by atoms with Crippen LogP contribution in [0.3, 0.4) is 0 Å². The Labute approximate surface area is 241 Å². The van der Waals surface area contributed by atoms with Crippen LogP contribution in [0.4, 0.5) is 22.0 Å². The molecule has 0 spiro atoms. The standard InChI is InChI=1S/C33H33F5O2S/c1-30-18-27(21-5-3-19(4-6-21)20-7-11-24(41-2)12-8-20)29-25-14-10-23(39)17-22(25)9-13-26(29)28(30)15-16-31(30,40)32(34,35)33(36,37)38/h3-8,11-12,17,26-28,40H,9-10,13-16,18H2,1-2H3. The molecule has 2 aromatic rings. The number of hydrogen-bond donors (Lipinski definition) is 1. The van der Waals surface area contributed by atoms with E-state index in [0.717, 1.165) is 38.3 Å². The van der Waals surface area contributed by atoms with Gasteiger partial charge in [0.05, 0.1) is 0 Å². The highest BCUT2D eigenvalue weighted by Gasteiger charge is 2.79. The summed E-state index contributed by atoms with van der Waals surface area (Å²) in [6.45, 7) is 1.45. The van der Waals surface area contributed by atoms with Crippen molar-refractivity contribution in [1.82, 2.24) is 0 Å². The number of carbonyl (C=O) groups is 1. The molecule has 4 aliphatic rings. The lowest BCUT2D eigenvalue weighted by molar-refractivity contribution is -0.362. The molecule has 8 heteroatoms. The van der Waals surface area contributed by atoms with Crippen LogP contribution in [0.1, 0.15) is 63.4 Å². The first kappa shape index (κ1) is 28.7. The number of ketones is 1. The van der Waals surface area contributed by atoms with E-state index in [4.69, 9.17) is 0 Å². The zero-order valence-electron chi connectivity index (χ0n) is 23.0. The molecular formula is C33H33F5O2S. The highest BCUT2D eigenvalue weighted by molar-refractivity contribution is 7.98. The third-order valence-electron chi connectivity index (χ3n) is 10.5. The van der Waals surface area contributed by atoms with Crippen LogP contribution in [0.5, 0.6) is 0 Å². The largest absolute Gasteiger partial charge is 0.456 e. The van der Waals surface area contributed by atoms with Crippen LogP contribution in [0.25, 0.3) is 11.1 Å². The number of aliphatic hydroxyl groups is 1. The van der Waals surface area contributed by atoms with Crippen molar-refractivity contribution in [3.8, 4) is 11.1 Å². The minimum atomic E-state index is -5.85. The monoisotopic (exact) mass is 588 g/mol. The Morgan fingerprint density at radius 3 is 2.15 bits per heavy atom. The molecule has 0 radical (unpaired) electrons. The molecule has 5 unspecified atom stereocenters. The molecule has 218 valence electrons. The number of fused-ring (bicyclic) bond motifs is 4. The fourth-order valence-corrected chi connectivity index (χ4v) is 8.81. The van der Waals surface area contributed by atoms with Gasteiger partial charge in [-0.3, -0.25) is 4.79 Å². The second kappa shape index (κ2) is 9.80. The van der Waals surface area contributed by atoms with Gasteiger partial charge < -0.3 is 5.11 Å². The van der Waals surface area contributed by atoms with Crippen molar-refractivity contribution in [2.45, 2.75) is 80.4 Å². The molecule has 0 aliphatic heterocycles. The van der Waals surface area contributed by atoms with Crippen LogP contribution in [-0.4, -0.2) is 34.8 Å². The topological polar surface area (TPSA) is 37.3 Å². The molecule has 1 N–H and O–H groups in total. The Morgan fingerprint density at radius 2 is 1.54 bits per heavy atom. The van der Waals surface area contributed by atoms with Crippen LogP contribution < -0.4 is 0 Å². The number of rotatable bonds is 4. The van der Waals surface area contributed by atoms with E-state index in [1.54, 1.807) is 17.8 Å². The van der Waals surface area contributed by atoms with Gasteiger partial charge in [0.15, 0.2) is 5.78 Å². The zero-order chi connectivity index (χ0) is 29.4. The first-order chi connectivity index (χ1) is 19.3. The zero-order valence-corrected chi connectivity index (χ0v) is 23.8. The molecular weight excluding hydrogens is 555 g/mol. The molecule has 2 aromatic carbocycles. The molecule has 2 nitrogen and oxygen atoms in total. The smallest absolute Gasteiger partial charge is 0.383 e. The van der Waals surface area contributed by atoms with Gasteiger partial charge in [0, 0.05) is 22.6 Å². The normalized spacial score (nSPS) is 31.9. The van der Waals surface area contributed by atoms with Crippen LogP contribution in [-0.2, 0) is 4.79 Å². The molecule has 5 atom stereocenters. The predicted molar refractivity (Wildman–Crippen MR) is 150 cm³/mol. The SMILES string of the molecule is CSc1ccc(-c2ccc(C3CC4(C)C(CCC4(O)C(F)(F)C(F)(F)F)C4CCC5=CC(=O)CCC5=C34)cc2)cc1. The van der Waals surface area contributed by atoms with Crippen LogP contribution in [0.2, 0.25) is 0 Å². The molecule has 0 aromatic heterocycles. The molecule has 2 saturated carbocycles. The summed E-state index contributed by atoms with van der Waals surface area (Å²) in [7, 11) is 0. The fourth-order valence-electron chi connectivity index (χ4n) is 8.41. The van der Waals surface area contributed by atoms with Gasteiger partial charge in [0.2, 0.25) is 0 Å². The Hall–Kier alpha value is -2.45. The minimum Gasteiger partial charge on any atom is -0.383 e. The average molecular weight is 589 g/mol. The quantitative estimate of drug-likeness (QED) is 0.286. The number of carbonyl (C=O) groups excluding carboxylic acids is 1. The lowest BCUT2D eigenvalue weighted by Gasteiger charge is -2.56. The van der Waals surface area contributed by atoms with Crippen LogP contribution in [0.15, 0.2) is 76.2 Å². The summed E-state index contributed by atoms with van der Waals surface area (Å²) in [5.74, 6) is -6.34. The Bertz CT molecular complexity index is 1430. The molecule has 0 saturated heterocycles. The van der Waals surface area contributed by atoms with Crippen molar-refractivity contribution >= 4 is 17.5 Å². The predicted octanol–water partition coefficient (Wildman–Crippen LogP) is 8.90. The third-order valence-corrected chi connectivity index (χ3v) is 11.2. The van der Waals surface area contributed by atoms with E-state index in [9.17, 15) is 23.1 Å². The van der Waals surface area contributed by atoms with E-state index in [2.05, 4.69) is 0 Å². The van der Waals surface area contributed by atoms with Crippen LogP contribution in [0, 0.1) is 17.3 Å². The van der Waals surface area contributed by atoms with Gasteiger partial charge in [-0.25, -0.2) is 0 Å². The lowest BCUT2D eigenvalue weighted by atomic mass is 9.50. The summed E-state index contributed by atoms with van der Waals surface area (Å²) < 4.78 is 71.6. The van der Waals surface area contributed by atoms with E-state index in [1.165, 1.54) is 6.92 Å². The first-order valence-corrected chi connectivity index (χ1v) is 15.4. The Morgan fingerprint density at radius 1 is 0.902 bits per heavy atom. The van der Waals surface area contributed by atoms with Gasteiger partial charge in [-0.2, -0.15) is 22.0 Å². The summed E-state index contributed by atoms with van der Waals surface area (Å²) in [6.07, 6.45) is -0.580. The van der Waals surface area contributed by atoms with E-state index < -0.39 is 41.4 Å². The van der Waals surface area contributed by atoms with Gasteiger partial charge >= 0.3 is 12.1 Å². The van der Waals surface area contributed by atoms with Crippen molar-refractivity contribution in [1.29, 1.82) is 0 Å².